The molecule has 2 fully saturated rings. The maximum Gasteiger partial charge on any atom is 0.273 e. The molecule has 1 aliphatic carbocycles. The molecule has 4 rings (SSSR count). The quantitative estimate of drug-likeness (QED) is 0.418. The first kappa shape index (κ1) is 24.2. The molecule has 178 valence electrons. The van der Waals surface area contributed by atoms with Crippen molar-refractivity contribution in [2.75, 3.05) is 7.11 Å². The van der Waals surface area contributed by atoms with Gasteiger partial charge in [-0.25, -0.2) is 5.01 Å². The first-order valence-corrected chi connectivity index (χ1v) is 11.8. The number of ether oxygens (including phenoxy) is 1. The van der Waals surface area contributed by atoms with E-state index in [2.05, 4.69) is 0 Å². The van der Waals surface area contributed by atoms with E-state index < -0.39 is 41.4 Å². The normalized spacial score (nSPS) is 20.6. The Morgan fingerprint density at radius 3 is 2.03 bits per heavy atom. The van der Waals surface area contributed by atoms with Crippen LogP contribution in [0.2, 0.25) is 10.0 Å². The molecule has 1 heterocycles. The number of hydrogen-bond acceptors (Lipinski definition) is 5. The van der Waals surface area contributed by atoms with Gasteiger partial charge in [-0.2, -0.15) is 5.01 Å². The summed E-state index contributed by atoms with van der Waals surface area (Å²) in [4.78, 5) is 53.7. The van der Waals surface area contributed by atoms with Crippen molar-refractivity contribution in [3.05, 3.63) is 63.6 Å². The smallest absolute Gasteiger partial charge is 0.273 e. The van der Waals surface area contributed by atoms with E-state index in [1.165, 1.54) is 32.2 Å². The number of methoxy groups -OCH3 is 1. The third-order valence-corrected chi connectivity index (χ3v) is 7.27. The van der Waals surface area contributed by atoms with Gasteiger partial charge < -0.3 is 4.74 Å². The lowest BCUT2D eigenvalue weighted by atomic mass is 9.81. The van der Waals surface area contributed by atoms with Crippen LogP contribution in [-0.2, 0) is 9.59 Å². The van der Waals surface area contributed by atoms with Crippen LogP contribution < -0.4 is 4.74 Å². The van der Waals surface area contributed by atoms with Crippen LogP contribution in [0.1, 0.15) is 53.3 Å². The second-order valence-corrected chi connectivity index (χ2v) is 9.35. The monoisotopic (exact) mass is 502 g/mol. The topological polar surface area (TPSA) is 84.0 Å². The highest BCUT2D eigenvalue weighted by molar-refractivity contribution is 6.42. The lowest BCUT2D eigenvalue weighted by Crippen LogP contribution is -2.56. The van der Waals surface area contributed by atoms with Crippen molar-refractivity contribution < 1.29 is 23.9 Å². The molecule has 0 spiro atoms. The van der Waals surface area contributed by atoms with Crippen LogP contribution in [0.25, 0.3) is 0 Å². The number of fused-ring (bicyclic) bond motifs is 1. The number of hydrazine groups is 1. The molecule has 3 atom stereocenters. The second kappa shape index (κ2) is 9.76. The zero-order chi connectivity index (χ0) is 24.6. The predicted molar refractivity (Wildman–Crippen MR) is 127 cm³/mol. The van der Waals surface area contributed by atoms with Crippen LogP contribution in [0.5, 0.6) is 5.75 Å². The summed E-state index contributed by atoms with van der Waals surface area (Å²) in [7, 11) is 1.52. The summed E-state index contributed by atoms with van der Waals surface area (Å²) in [5.74, 6) is -2.39. The van der Waals surface area contributed by atoms with Crippen LogP contribution >= 0.6 is 23.2 Å². The number of halogens is 2. The number of rotatable bonds is 6. The molecule has 1 aliphatic heterocycles. The van der Waals surface area contributed by atoms with Gasteiger partial charge in [0.25, 0.3) is 17.7 Å². The molecule has 0 bridgehead atoms. The van der Waals surface area contributed by atoms with Gasteiger partial charge in [0, 0.05) is 11.1 Å². The Bertz CT molecular complexity index is 1130. The second-order valence-electron chi connectivity index (χ2n) is 8.53. The van der Waals surface area contributed by atoms with Gasteiger partial charge in [0.1, 0.15) is 11.8 Å². The van der Waals surface area contributed by atoms with Crippen LogP contribution in [-0.4, -0.2) is 46.7 Å². The number of carbonyl (C=O) groups excluding carboxylic acids is 4. The van der Waals surface area contributed by atoms with E-state index in [0.29, 0.717) is 24.2 Å². The molecule has 1 saturated heterocycles. The van der Waals surface area contributed by atoms with Crippen molar-refractivity contribution in [3.63, 3.8) is 0 Å². The van der Waals surface area contributed by atoms with Gasteiger partial charge in [-0.05, 0) is 62.2 Å². The third-order valence-electron chi connectivity index (χ3n) is 6.53. The van der Waals surface area contributed by atoms with E-state index in [9.17, 15) is 19.2 Å². The van der Waals surface area contributed by atoms with Crippen molar-refractivity contribution >= 4 is 46.7 Å². The van der Waals surface area contributed by atoms with Gasteiger partial charge in [0.15, 0.2) is 5.78 Å². The maximum absolute atomic E-state index is 13.7. The number of nitrogens with zero attached hydrogens (tertiary/aromatic N) is 2. The minimum Gasteiger partial charge on any atom is -0.497 e. The lowest BCUT2D eigenvalue weighted by Gasteiger charge is -2.34. The van der Waals surface area contributed by atoms with Gasteiger partial charge in [-0.3, -0.25) is 19.2 Å². The number of amides is 3. The zero-order valence-corrected chi connectivity index (χ0v) is 20.3. The van der Waals surface area contributed by atoms with Crippen molar-refractivity contribution in [2.45, 2.75) is 38.6 Å². The minimum atomic E-state index is -1.14. The van der Waals surface area contributed by atoms with Gasteiger partial charge in [0.2, 0.25) is 0 Å². The molecule has 2 aromatic rings. The molecule has 0 radical (unpaired) electrons. The molecule has 2 aromatic carbocycles. The molecule has 3 amide bonds. The summed E-state index contributed by atoms with van der Waals surface area (Å²) >= 11 is 12.1. The van der Waals surface area contributed by atoms with Crippen LogP contribution in [0.3, 0.4) is 0 Å². The fourth-order valence-electron chi connectivity index (χ4n) is 4.67. The van der Waals surface area contributed by atoms with Gasteiger partial charge in [-0.15, -0.1) is 0 Å². The Morgan fingerprint density at radius 1 is 0.941 bits per heavy atom. The molecule has 34 heavy (non-hydrogen) atoms. The van der Waals surface area contributed by atoms with E-state index in [4.69, 9.17) is 27.9 Å². The van der Waals surface area contributed by atoms with Gasteiger partial charge in [-0.1, -0.05) is 36.0 Å². The molecule has 0 aromatic heterocycles. The summed E-state index contributed by atoms with van der Waals surface area (Å²) < 4.78 is 5.14. The summed E-state index contributed by atoms with van der Waals surface area (Å²) in [5, 5.41) is 2.27. The van der Waals surface area contributed by atoms with Crippen molar-refractivity contribution in [2.24, 2.45) is 11.8 Å². The SMILES string of the molecule is COc1ccc(C(=O)[C@H](C)N(C(=O)c2ccc(Cl)c(Cl)c2)N2C(=O)[C@@H]3CCCC[C@H]3C2=O)cc1. The minimum absolute atomic E-state index is 0.110. The first-order chi connectivity index (χ1) is 16.2. The lowest BCUT2D eigenvalue weighted by molar-refractivity contribution is -0.156. The Labute approximate surface area is 207 Å². The molecule has 2 aliphatic rings. The highest BCUT2D eigenvalue weighted by atomic mass is 35.5. The molecule has 7 nitrogen and oxygen atoms in total. The van der Waals surface area contributed by atoms with Gasteiger partial charge >= 0.3 is 0 Å². The predicted octanol–water partition coefficient (Wildman–Crippen LogP) is 4.81. The highest BCUT2D eigenvalue weighted by Crippen LogP contribution is 2.39. The number of benzene rings is 2. The van der Waals surface area contributed by atoms with E-state index in [1.54, 1.807) is 24.3 Å². The molecule has 0 unspecified atom stereocenters. The Hall–Kier alpha value is -2.90. The average molecular weight is 503 g/mol. The fourth-order valence-corrected chi connectivity index (χ4v) is 4.96. The molecule has 0 N–H and O–H groups in total. The summed E-state index contributed by atoms with van der Waals surface area (Å²) in [5.41, 5.74) is 0.427. The number of hydrogen-bond donors (Lipinski definition) is 0. The number of imide groups is 1. The largest absolute Gasteiger partial charge is 0.497 e. The molecular formula is C25H24Cl2N2O5. The van der Waals surface area contributed by atoms with E-state index in [0.717, 1.165) is 22.9 Å². The van der Waals surface area contributed by atoms with Crippen molar-refractivity contribution in [1.82, 2.24) is 10.0 Å². The Balaban J connectivity index is 1.74. The number of ketones is 1. The van der Waals surface area contributed by atoms with Crippen LogP contribution in [0, 0.1) is 11.8 Å². The average Bonchev–Trinajstić information content (AvgIpc) is 3.10. The van der Waals surface area contributed by atoms with Gasteiger partial charge in [0.05, 0.1) is 29.0 Å². The van der Waals surface area contributed by atoms with Crippen molar-refractivity contribution in [1.29, 1.82) is 0 Å². The van der Waals surface area contributed by atoms with E-state index >= 15 is 0 Å². The standard InChI is InChI=1S/C25H24Cl2N2O5/c1-14(22(30)15-7-10-17(34-2)11-8-15)28(23(31)16-9-12-20(26)21(27)13-16)29-24(32)18-5-3-4-6-19(18)25(29)33/h7-14,18-19H,3-6H2,1-2H3/t14-,18+,19+/m0/s1. The van der Waals surface area contributed by atoms with Crippen LogP contribution in [0.4, 0.5) is 0 Å². The first-order valence-electron chi connectivity index (χ1n) is 11.1. The van der Waals surface area contributed by atoms with E-state index in [-0.39, 0.29) is 15.6 Å². The third kappa shape index (κ3) is 4.30. The Kier molecular flexibility index (Phi) is 6.96. The fraction of sp³-hybridized carbons (Fsp3) is 0.360. The number of Topliss-reactive ketones (excluding diaryl/α,β-unsaturated/α-hetero) is 1. The number of carbonyl (C=O) groups is 4. The van der Waals surface area contributed by atoms with E-state index in [1.807, 2.05) is 0 Å². The van der Waals surface area contributed by atoms with Crippen molar-refractivity contribution in [3.8, 4) is 5.75 Å². The maximum atomic E-state index is 13.7. The molecule has 9 heteroatoms. The Morgan fingerprint density at radius 2 is 1.50 bits per heavy atom. The zero-order valence-electron chi connectivity index (χ0n) is 18.8. The summed E-state index contributed by atoms with van der Waals surface area (Å²) in [6.45, 7) is 1.50. The van der Waals surface area contributed by atoms with Crippen LogP contribution in [0.15, 0.2) is 42.5 Å². The summed E-state index contributed by atoms with van der Waals surface area (Å²) in [6.07, 6.45) is 2.85. The molecule has 1 saturated carbocycles. The highest BCUT2D eigenvalue weighted by Gasteiger charge is 2.53. The summed E-state index contributed by atoms with van der Waals surface area (Å²) in [6, 6.07) is 9.55. The molecular weight excluding hydrogens is 479 g/mol.